The van der Waals surface area contributed by atoms with Gasteiger partial charge in [-0.15, -0.1) is 0 Å². The van der Waals surface area contributed by atoms with Crippen molar-refractivity contribution < 1.29 is 0 Å². The Bertz CT molecular complexity index is 3520. The molecule has 0 saturated heterocycles. The third kappa shape index (κ3) is 5.07. The van der Waals surface area contributed by atoms with Gasteiger partial charge in [-0.3, -0.25) is 0 Å². The van der Waals surface area contributed by atoms with Crippen LogP contribution in [0.25, 0.3) is 111 Å². The Balaban J connectivity index is 1.14. The van der Waals surface area contributed by atoms with E-state index in [2.05, 4.69) is 191 Å². The fourth-order valence-electron chi connectivity index (χ4n) is 8.82. The number of fused-ring (bicyclic) bond motifs is 8. The Morgan fingerprint density at radius 1 is 0.293 bits per heavy atom. The van der Waals surface area contributed by atoms with Gasteiger partial charge in [-0.1, -0.05) is 146 Å². The van der Waals surface area contributed by atoms with Gasteiger partial charge in [-0.25, -0.2) is 15.0 Å². The summed E-state index contributed by atoms with van der Waals surface area (Å²) in [5, 5.41) is 9.55. The highest BCUT2D eigenvalue weighted by Gasteiger charge is 2.21. The number of nitrogens with zero attached hydrogens (tertiary/aromatic N) is 5. The third-order valence-electron chi connectivity index (χ3n) is 11.5. The molecule has 0 amide bonds. The zero-order valence-electron chi connectivity index (χ0n) is 31.3. The molecule has 0 spiro atoms. The molecule has 3 heterocycles. The first-order valence-corrected chi connectivity index (χ1v) is 19.6. The van der Waals surface area contributed by atoms with E-state index in [1.807, 2.05) is 18.2 Å². The van der Waals surface area contributed by atoms with E-state index < -0.39 is 0 Å². The van der Waals surface area contributed by atoms with Crippen LogP contribution in [0.2, 0.25) is 0 Å². The summed E-state index contributed by atoms with van der Waals surface area (Å²) in [5.41, 5.74) is 9.46. The normalized spacial score (nSPS) is 11.8. The zero-order valence-corrected chi connectivity index (χ0v) is 31.3. The van der Waals surface area contributed by atoms with Crippen LogP contribution in [0.3, 0.4) is 0 Å². The minimum atomic E-state index is 0.613. The molecule has 0 bridgehead atoms. The van der Waals surface area contributed by atoms with Gasteiger partial charge in [0.15, 0.2) is 17.5 Å². The minimum Gasteiger partial charge on any atom is -0.309 e. The monoisotopic (exact) mass is 739 g/mol. The number of benzene rings is 9. The molecular weight excluding hydrogens is 707 g/mol. The number of aromatic nitrogens is 5. The molecule has 0 aliphatic heterocycles. The van der Waals surface area contributed by atoms with Gasteiger partial charge < -0.3 is 9.13 Å². The highest BCUT2D eigenvalue weighted by molar-refractivity contribution is 6.15. The second-order valence-corrected chi connectivity index (χ2v) is 14.9. The summed E-state index contributed by atoms with van der Waals surface area (Å²) >= 11 is 0. The first-order valence-electron chi connectivity index (χ1n) is 19.6. The summed E-state index contributed by atoms with van der Waals surface area (Å²) in [5.74, 6) is 1.87. The lowest BCUT2D eigenvalue weighted by atomic mass is 10.1. The Kier molecular flexibility index (Phi) is 7.16. The van der Waals surface area contributed by atoms with Crippen molar-refractivity contribution in [2.45, 2.75) is 0 Å². The van der Waals surface area contributed by atoms with Crippen molar-refractivity contribution in [3.05, 3.63) is 200 Å². The number of hydrogen-bond acceptors (Lipinski definition) is 3. The molecule has 5 heteroatoms. The average molecular weight is 740 g/mol. The lowest BCUT2D eigenvalue weighted by Gasteiger charge is -2.15. The molecule has 0 fully saturated rings. The van der Waals surface area contributed by atoms with E-state index in [0.717, 1.165) is 44.5 Å². The first-order chi connectivity index (χ1) is 28.7. The standard InChI is InChI=1S/C53H33N5/c1-2-15-35(16-3-1)51-54-52(39-27-26-34-14-4-5-17-36(34)30-39)56-53(55-51)44-22-10-13-25-48(44)58-49-32-38-19-7-6-18-37(38)31-45(49)43-29-28-40(33-50(43)58)57-46-23-11-8-20-41(46)42-21-9-12-24-47(42)57/h1-33H. The second kappa shape index (κ2) is 12.8. The van der Waals surface area contributed by atoms with Gasteiger partial charge in [0.1, 0.15) is 0 Å². The molecule has 0 N–H and O–H groups in total. The highest BCUT2D eigenvalue weighted by atomic mass is 15.1. The summed E-state index contributed by atoms with van der Waals surface area (Å²) in [6.07, 6.45) is 0. The highest BCUT2D eigenvalue weighted by Crippen LogP contribution is 2.40. The van der Waals surface area contributed by atoms with Crippen molar-refractivity contribution in [2.75, 3.05) is 0 Å². The molecule has 0 unspecified atom stereocenters. The lowest BCUT2D eigenvalue weighted by molar-refractivity contribution is 1.06. The molecule has 0 aliphatic carbocycles. The van der Waals surface area contributed by atoms with Gasteiger partial charge in [0.05, 0.1) is 27.8 Å². The summed E-state index contributed by atoms with van der Waals surface area (Å²) < 4.78 is 4.80. The fourth-order valence-corrected chi connectivity index (χ4v) is 8.82. The quantitative estimate of drug-likeness (QED) is 0.177. The van der Waals surface area contributed by atoms with Gasteiger partial charge in [-0.2, -0.15) is 0 Å². The Labute approximate surface area is 333 Å². The van der Waals surface area contributed by atoms with Gasteiger partial charge in [0.25, 0.3) is 0 Å². The Hall–Kier alpha value is -7.89. The fraction of sp³-hybridized carbons (Fsp3) is 0. The lowest BCUT2D eigenvalue weighted by Crippen LogP contribution is -2.04. The van der Waals surface area contributed by atoms with E-state index >= 15 is 0 Å². The molecule has 58 heavy (non-hydrogen) atoms. The van der Waals surface area contributed by atoms with Crippen LogP contribution in [-0.2, 0) is 0 Å². The maximum Gasteiger partial charge on any atom is 0.166 e. The van der Waals surface area contributed by atoms with Crippen molar-refractivity contribution in [2.24, 2.45) is 0 Å². The Morgan fingerprint density at radius 2 is 0.845 bits per heavy atom. The van der Waals surface area contributed by atoms with Gasteiger partial charge in [-0.05, 0) is 76.1 Å². The van der Waals surface area contributed by atoms with E-state index in [9.17, 15) is 0 Å². The van der Waals surface area contributed by atoms with E-state index in [0.29, 0.717) is 17.5 Å². The molecule has 3 aromatic heterocycles. The molecule has 12 aromatic rings. The molecule has 9 aromatic carbocycles. The zero-order chi connectivity index (χ0) is 38.2. The van der Waals surface area contributed by atoms with Crippen molar-refractivity contribution >= 4 is 65.2 Å². The van der Waals surface area contributed by atoms with Crippen molar-refractivity contribution in [1.29, 1.82) is 0 Å². The van der Waals surface area contributed by atoms with Gasteiger partial charge in [0.2, 0.25) is 0 Å². The van der Waals surface area contributed by atoms with E-state index in [-0.39, 0.29) is 0 Å². The van der Waals surface area contributed by atoms with E-state index in [4.69, 9.17) is 15.0 Å². The van der Waals surface area contributed by atoms with Crippen LogP contribution in [0, 0.1) is 0 Å². The van der Waals surface area contributed by atoms with Crippen LogP contribution in [-0.4, -0.2) is 24.1 Å². The largest absolute Gasteiger partial charge is 0.309 e. The van der Waals surface area contributed by atoms with Gasteiger partial charge in [0, 0.05) is 43.9 Å². The molecule has 0 radical (unpaired) electrons. The topological polar surface area (TPSA) is 48.5 Å². The SMILES string of the molecule is c1ccc(-c2nc(-c3ccc4ccccc4c3)nc(-c3ccccc3-n3c4cc(-n5c6ccccc6c6ccccc65)ccc4c4cc5ccccc5cc43)n2)cc1. The summed E-state index contributed by atoms with van der Waals surface area (Å²) in [6, 6.07) is 71.1. The van der Waals surface area contributed by atoms with E-state index in [1.54, 1.807) is 0 Å². The van der Waals surface area contributed by atoms with E-state index in [1.165, 1.54) is 48.7 Å². The van der Waals surface area contributed by atoms with Crippen molar-refractivity contribution in [3.63, 3.8) is 0 Å². The minimum absolute atomic E-state index is 0.613. The van der Waals surface area contributed by atoms with Crippen molar-refractivity contribution in [1.82, 2.24) is 24.1 Å². The predicted octanol–water partition coefficient (Wildman–Crippen LogP) is 13.4. The average Bonchev–Trinajstić information content (AvgIpc) is 3.80. The first kappa shape index (κ1) is 32.4. The molecule has 5 nitrogen and oxygen atoms in total. The second-order valence-electron chi connectivity index (χ2n) is 14.9. The van der Waals surface area contributed by atoms with Crippen LogP contribution in [0.1, 0.15) is 0 Å². The molecule has 0 aliphatic rings. The Morgan fingerprint density at radius 3 is 1.60 bits per heavy atom. The van der Waals surface area contributed by atoms with Crippen LogP contribution < -0.4 is 0 Å². The van der Waals surface area contributed by atoms with Crippen LogP contribution in [0.15, 0.2) is 200 Å². The predicted molar refractivity (Wildman–Crippen MR) is 240 cm³/mol. The van der Waals surface area contributed by atoms with Crippen molar-refractivity contribution in [3.8, 4) is 45.5 Å². The molecule has 12 rings (SSSR count). The molecule has 0 atom stereocenters. The maximum atomic E-state index is 5.27. The smallest absolute Gasteiger partial charge is 0.166 e. The van der Waals surface area contributed by atoms with Gasteiger partial charge >= 0.3 is 0 Å². The molecule has 270 valence electrons. The summed E-state index contributed by atoms with van der Waals surface area (Å²) in [4.78, 5) is 15.6. The number of hydrogen-bond donors (Lipinski definition) is 0. The number of para-hydroxylation sites is 3. The molecular formula is C53H33N5. The molecule has 0 saturated carbocycles. The number of rotatable bonds is 5. The maximum absolute atomic E-state index is 5.27. The van der Waals surface area contributed by atoms with Crippen LogP contribution in [0.4, 0.5) is 0 Å². The van der Waals surface area contributed by atoms with Crippen LogP contribution in [0.5, 0.6) is 0 Å². The third-order valence-corrected chi connectivity index (χ3v) is 11.5. The summed E-state index contributed by atoms with van der Waals surface area (Å²) in [6.45, 7) is 0. The van der Waals surface area contributed by atoms with Crippen LogP contribution >= 0.6 is 0 Å². The summed E-state index contributed by atoms with van der Waals surface area (Å²) in [7, 11) is 0.